The fourth-order valence-electron chi connectivity index (χ4n) is 1.30. The van der Waals surface area contributed by atoms with Gasteiger partial charge in [0, 0.05) is 26.2 Å². The molecule has 16 heavy (non-hydrogen) atoms. The second-order valence-corrected chi connectivity index (χ2v) is 3.44. The third-order valence-corrected chi connectivity index (χ3v) is 2.12. The number of aliphatic imine (C=N–C) groups is 1. The van der Waals surface area contributed by atoms with Crippen LogP contribution in [-0.2, 0) is 6.42 Å². The monoisotopic (exact) mass is 218 g/mol. The first-order valence-electron chi connectivity index (χ1n) is 5.24. The number of benzene rings is 1. The zero-order valence-corrected chi connectivity index (χ0v) is 9.99. The van der Waals surface area contributed by atoms with E-state index in [1.165, 1.54) is 5.56 Å². The first kappa shape index (κ1) is 12.2. The van der Waals surface area contributed by atoms with Crippen molar-refractivity contribution in [3.05, 3.63) is 35.9 Å². The highest BCUT2D eigenvalue weighted by molar-refractivity contribution is 5.86. The molecule has 0 atom stereocenters. The Hall–Kier alpha value is -1.84. The van der Waals surface area contributed by atoms with Gasteiger partial charge in [-0.15, -0.1) is 0 Å². The van der Waals surface area contributed by atoms with Gasteiger partial charge in [-0.2, -0.15) is 5.10 Å². The molecule has 0 saturated heterocycles. The molecule has 1 rings (SSSR count). The molecule has 2 N–H and O–H groups in total. The first-order valence-corrected chi connectivity index (χ1v) is 5.24. The van der Waals surface area contributed by atoms with Gasteiger partial charge in [0.05, 0.1) is 0 Å². The molecule has 4 heteroatoms. The van der Waals surface area contributed by atoms with Crippen LogP contribution in [0.2, 0.25) is 0 Å². The Morgan fingerprint density at radius 2 is 1.94 bits per heavy atom. The topological polar surface area (TPSA) is 48.8 Å². The molecule has 0 aliphatic heterocycles. The molecule has 0 aliphatic carbocycles. The predicted molar refractivity (Wildman–Crippen MR) is 68.8 cm³/mol. The molecule has 0 heterocycles. The third kappa shape index (κ3) is 4.13. The van der Waals surface area contributed by atoms with Gasteiger partial charge >= 0.3 is 0 Å². The molecule has 1 aromatic carbocycles. The first-order chi connectivity index (χ1) is 7.76. The maximum atomic E-state index is 4.23. The lowest BCUT2D eigenvalue weighted by atomic mass is 10.1. The lowest BCUT2D eigenvalue weighted by Crippen LogP contribution is -2.31. The van der Waals surface area contributed by atoms with Gasteiger partial charge in [0.25, 0.3) is 0 Å². The van der Waals surface area contributed by atoms with Crippen LogP contribution in [0.4, 0.5) is 0 Å². The second kappa shape index (κ2) is 6.61. The largest absolute Gasteiger partial charge is 0.358 e. The number of hydrogen-bond acceptors (Lipinski definition) is 2. The smallest absolute Gasteiger partial charge is 0.211 e. The van der Waals surface area contributed by atoms with Gasteiger partial charge in [0.1, 0.15) is 0 Å². The van der Waals surface area contributed by atoms with E-state index in [0.717, 1.165) is 12.1 Å². The Kier molecular flexibility index (Phi) is 5.05. The molecule has 0 unspecified atom stereocenters. The maximum Gasteiger partial charge on any atom is 0.211 e. The zero-order chi connectivity index (χ0) is 11.8. The number of rotatable bonds is 3. The molecular weight excluding hydrogens is 200 g/mol. The van der Waals surface area contributed by atoms with E-state index in [1.807, 2.05) is 25.1 Å². The zero-order valence-electron chi connectivity index (χ0n) is 9.99. The summed E-state index contributed by atoms with van der Waals surface area (Å²) >= 11 is 0. The van der Waals surface area contributed by atoms with Crippen LogP contribution in [0, 0.1) is 0 Å². The van der Waals surface area contributed by atoms with Crippen LogP contribution in [-0.4, -0.2) is 25.8 Å². The van der Waals surface area contributed by atoms with E-state index >= 15 is 0 Å². The highest BCUT2D eigenvalue weighted by Crippen LogP contribution is 2.00. The van der Waals surface area contributed by atoms with Crippen LogP contribution in [0.15, 0.2) is 40.4 Å². The fraction of sp³-hybridized carbons (Fsp3) is 0.333. The van der Waals surface area contributed by atoms with Crippen molar-refractivity contribution in [2.24, 2.45) is 10.1 Å². The molecule has 0 aliphatic rings. The van der Waals surface area contributed by atoms with Gasteiger partial charge < -0.3 is 5.32 Å². The van der Waals surface area contributed by atoms with Crippen molar-refractivity contribution in [1.82, 2.24) is 10.7 Å². The summed E-state index contributed by atoms with van der Waals surface area (Å²) in [5.41, 5.74) is 5.14. The van der Waals surface area contributed by atoms with Crippen molar-refractivity contribution >= 4 is 11.7 Å². The van der Waals surface area contributed by atoms with Crippen LogP contribution in [0.3, 0.4) is 0 Å². The summed E-state index contributed by atoms with van der Waals surface area (Å²) in [5, 5.41) is 7.14. The molecule has 0 fully saturated rings. The van der Waals surface area contributed by atoms with Crippen LogP contribution in [0.1, 0.15) is 12.5 Å². The Bertz CT molecular complexity index is 368. The van der Waals surface area contributed by atoms with E-state index in [1.54, 1.807) is 14.1 Å². The van der Waals surface area contributed by atoms with Crippen LogP contribution in [0.25, 0.3) is 0 Å². The summed E-state index contributed by atoms with van der Waals surface area (Å²) < 4.78 is 0. The third-order valence-electron chi connectivity index (χ3n) is 2.12. The van der Waals surface area contributed by atoms with Gasteiger partial charge in [-0.1, -0.05) is 30.3 Å². The molecule has 0 amide bonds. The van der Waals surface area contributed by atoms with Gasteiger partial charge in [0.2, 0.25) is 5.96 Å². The van der Waals surface area contributed by atoms with E-state index < -0.39 is 0 Å². The van der Waals surface area contributed by atoms with E-state index in [0.29, 0.717) is 5.96 Å². The Labute approximate surface area is 96.5 Å². The van der Waals surface area contributed by atoms with Crippen molar-refractivity contribution in [3.63, 3.8) is 0 Å². The van der Waals surface area contributed by atoms with Crippen molar-refractivity contribution in [2.75, 3.05) is 14.1 Å². The average Bonchev–Trinajstić information content (AvgIpc) is 2.31. The molecule has 4 nitrogen and oxygen atoms in total. The lowest BCUT2D eigenvalue weighted by molar-refractivity contribution is 0.930. The maximum absolute atomic E-state index is 4.23. The normalized spacial score (nSPS) is 12.4. The average molecular weight is 218 g/mol. The van der Waals surface area contributed by atoms with E-state index in [-0.39, 0.29) is 0 Å². The molecule has 0 aromatic heterocycles. The van der Waals surface area contributed by atoms with Crippen molar-refractivity contribution in [3.8, 4) is 0 Å². The molecule has 0 radical (unpaired) electrons. The second-order valence-electron chi connectivity index (χ2n) is 3.44. The van der Waals surface area contributed by atoms with Crippen LogP contribution in [0.5, 0.6) is 0 Å². The minimum Gasteiger partial charge on any atom is -0.358 e. The number of guanidine groups is 1. The van der Waals surface area contributed by atoms with Crippen LogP contribution >= 0.6 is 0 Å². The van der Waals surface area contributed by atoms with E-state index in [4.69, 9.17) is 0 Å². The van der Waals surface area contributed by atoms with E-state index in [2.05, 4.69) is 33.0 Å². The number of hydrogen-bond donors (Lipinski definition) is 2. The Balaban J connectivity index is 2.52. The van der Waals surface area contributed by atoms with Crippen molar-refractivity contribution < 1.29 is 0 Å². The van der Waals surface area contributed by atoms with Crippen molar-refractivity contribution in [2.45, 2.75) is 13.3 Å². The summed E-state index contributed by atoms with van der Waals surface area (Å²) in [6.07, 6.45) is 0.842. The highest BCUT2D eigenvalue weighted by atomic mass is 15.4. The van der Waals surface area contributed by atoms with Gasteiger partial charge in [-0.3, -0.25) is 4.99 Å². The SMILES string of the molecule is CN=C(NC)NN=C(C)Cc1ccccc1. The number of hydrazone groups is 1. The number of nitrogens with zero attached hydrogens (tertiary/aromatic N) is 2. The minimum atomic E-state index is 0.660. The van der Waals surface area contributed by atoms with Gasteiger partial charge in [0.15, 0.2) is 0 Å². The van der Waals surface area contributed by atoms with E-state index in [9.17, 15) is 0 Å². The van der Waals surface area contributed by atoms with Crippen molar-refractivity contribution in [1.29, 1.82) is 0 Å². The molecule has 86 valence electrons. The fourth-order valence-corrected chi connectivity index (χ4v) is 1.30. The summed E-state index contributed by atoms with van der Waals surface area (Å²) in [4.78, 5) is 3.97. The predicted octanol–water partition coefficient (Wildman–Crippen LogP) is 1.40. The Morgan fingerprint density at radius 3 is 2.50 bits per heavy atom. The molecule has 1 aromatic rings. The number of nitrogens with one attached hydrogen (secondary N) is 2. The summed E-state index contributed by atoms with van der Waals surface area (Å²) in [7, 11) is 3.51. The molecule has 0 saturated carbocycles. The summed E-state index contributed by atoms with van der Waals surface area (Å²) in [6, 6.07) is 10.3. The quantitative estimate of drug-likeness (QED) is 0.458. The van der Waals surface area contributed by atoms with Gasteiger partial charge in [-0.25, -0.2) is 5.43 Å². The minimum absolute atomic E-state index is 0.660. The lowest BCUT2D eigenvalue weighted by Gasteiger charge is -2.05. The standard InChI is InChI=1S/C12H18N4/c1-10(15-16-12(13-2)14-3)9-11-7-5-4-6-8-11/h4-8H,9H2,1-3H3,(H2,13,14,16). The summed E-state index contributed by atoms with van der Waals surface area (Å²) in [6.45, 7) is 1.99. The van der Waals surface area contributed by atoms with Crippen LogP contribution < -0.4 is 10.7 Å². The summed E-state index contributed by atoms with van der Waals surface area (Å²) in [5.74, 6) is 0.660. The molecular formula is C12H18N4. The molecule has 0 spiro atoms. The molecule has 0 bridgehead atoms. The highest BCUT2D eigenvalue weighted by Gasteiger charge is 1.95. The van der Waals surface area contributed by atoms with Gasteiger partial charge in [-0.05, 0) is 12.5 Å². The Morgan fingerprint density at radius 1 is 1.25 bits per heavy atom.